The first kappa shape index (κ1) is 25.7. The van der Waals surface area contributed by atoms with Crippen LogP contribution in [0.4, 0.5) is 0 Å². The highest BCUT2D eigenvalue weighted by Gasteiger charge is 2.51. The van der Waals surface area contributed by atoms with E-state index in [1.165, 1.54) is 13.2 Å². The van der Waals surface area contributed by atoms with Crippen molar-refractivity contribution >= 4 is 18.1 Å². The topological polar surface area (TPSA) is 125 Å². The summed E-state index contributed by atoms with van der Waals surface area (Å²) in [5, 5.41) is 23.3. The summed E-state index contributed by atoms with van der Waals surface area (Å²) in [6.45, 7) is 6.12. The highest BCUT2D eigenvalue weighted by atomic mass is 16.5. The van der Waals surface area contributed by atoms with Gasteiger partial charge in [0.25, 0.3) is 0 Å². The molecule has 0 spiro atoms. The molecule has 1 aromatic rings. The number of aldehydes is 1. The van der Waals surface area contributed by atoms with Gasteiger partial charge in [0.1, 0.15) is 18.5 Å². The van der Waals surface area contributed by atoms with Gasteiger partial charge in [-0.25, -0.2) is 0 Å². The molecule has 2 aliphatic rings. The second-order valence-electron chi connectivity index (χ2n) is 9.03. The van der Waals surface area contributed by atoms with Crippen LogP contribution in [-0.4, -0.2) is 78.3 Å². The first-order valence-electron chi connectivity index (χ1n) is 11.7. The number of aliphatic hydroxyl groups excluding tert-OH is 2. The van der Waals surface area contributed by atoms with Crippen LogP contribution in [0.25, 0.3) is 0 Å². The first-order valence-corrected chi connectivity index (χ1v) is 11.7. The average molecular weight is 475 g/mol. The monoisotopic (exact) mass is 474 g/mol. The van der Waals surface area contributed by atoms with Gasteiger partial charge >= 0.3 is 0 Å². The second kappa shape index (κ2) is 11.0. The Bertz CT molecular complexity index is 959. The third kappa shape index (κ3) is 4.95. The Hall–Kier alpha value is -2.91. The summed E-state index contributed by atoms with van der Waals surface area (Å²) >= 11 is 0. The number of aliphatic hydroxyl groups is 2. The molecule has 0 saturated carbocycles. The number of nitrogens with zero attached hydrogens (tertiary/aromatic N) is 1. The van der Waals surface area contributed by atoms with Crippen molar-refractivity contribution in [2.24, 2.45) is 5.92 Å². The lowest BCUT2D eigenvalue weighted by molar-refractivity contribution is -0.137. The molecule has 2 amide bonds. The molecule has 0 aromatic heterocycles. The van der Waals surface area contributed by atoms with Crippen molar-refractivity contribution < 1.29 is 34.1 Å². The number of methoxy groups -OCH3 is 1. The highest BCUT2D eigenvalue weighted by molar-refractivity contribution is 5.96. The second-order valence-corrected chi connectivity index (χ2v) is 9.03. The van der Waals surface area contributed by atoms with Gasteiger partial charge in [0.05, 0.1) is 25.7 Å². The molecule has 1 aromatic carbocycles. The van der Waals surface area contributed by atoms with Crippen molar-refractivity contribution in [1.82, 2.24) is 10.2 Å². The summed E-state index contributed by atoms with van der Waals surface area (Å²) in [4.78, 5) is 39.2. The normalized spacial score (nSPS) is 22.9. The first-order chi connectivity index (χ1) is 16.3. The number of carbonyl (C=O) groups is 3. The van der Waals surface area contributed by atoms with E-state index in [4.69, 9.17) is 9.47 Å². The summed E-state index contributed by atoms with van der Waals surface area (Å²) in [5.41, 5.74) is 1.23. The van der Waals surface area contributed by atoms with Crippen molar-refractivity contribution in [3.63, 3.8) is 0 Å². The van der Waals surface area contributed by atoms with E-state index >= 15 is 0 Å². The Morgan fingerprint density at radius 3 is 2.65 bits per heavy atom. The number of hydrogen-bond donors (Lipinski definition) is 3. The molecule has 9 nitrogen and oxygen atoms in total. The molecule has 186 valence electrons. The van der Waals surface area contributed by atoms with Crippen LogP contribution in [0, 0.1) is 5.92 Å². The summed E-state index contributed by atoms with van der Waals surface area (Å²) < 4.78 is 11.6. The maximum Gasteiger partial charge on any atom is 0.247 e. The van der Waals surface area contributed by atoms with Gasteiger partial charge in [0.15, 0.2) is 11.5 Å². The fourth-order valence-corrected chi connectivity index (χ4v) is 4.60. The van der Waals surface area contributed by atoms with E-state index in [0.29, 0.717) is 46.9 Å². The Kier molecular flexibility index (Phi) is 8.33. The Balaban J connectivity index is 2.12. The quantitative estimate of drug-likeness (QED) is 0.438. The molecule has 1 heterocycles. The largest absolute Gasteiger partial charge is 0.493 e. The van der Waals surface area contributed by atoms with Crippen LogP contribution in [-0.2, 0) is 9.59 Å². The van der Waals surface area contributed by atoms with Crippen LogP contribution < -0.4 is 14.8 Å². The molecule has 0 fully saturated rings. The maximum atomic E-state index is 13.2. The van der Waals surface area contributed by atoms with Crippen LogP contribution in [0.2, 0.25) is 0 Å². The van der Waals surface area contributed by atoms with Crippen molar-refractivity contribution in [2.75, 3.05) is 26.8 Å². The van der Waals surface area contributed by atoms with Gasteiger partial charge < -0.3 is 29.9 Å². The highest BCUT2D eigenvalue weighted by Crippen LogP contribution is 2.51. The van der Waals surface area contributed by atoms with Crippen LogP contribution >= 0.6 is 0 Å². The Labute approximate surface area is 199 Å². The molecule has 0 radical (unpaired) electrons. The summed E-state index contributed by atoms with van der Waals surface area (Å²) in [6.07, 6.45) is 1.33. The summed E-state index contributed by atoms with van der Waals surface area (Å²) in [7, 11) is 1.45. The minimum atomic E-state index is -1.11. The minimum Gasteiger partial charge on any atom is -0.493 e. The predicted octanol–water partition coefficient (Wildman–Crippen LogP) is 1.41. The standard InChI is InChI=1S/C25H34N2O7/c1-5-20(30)27(8-6-14(2)3)18-12-17(25(32)26-7-9-28)21-16-10-15(13-29)11-19(33-4)23(16)34-24(21)22(18)31/h10-14,18,21-22,24,28,31H,5-9H2,1-4H3,(H,26,32)/t18-,21+,22+,24+/m1/s1. The number of rotatable bonds is 10. The molecular weight excluding hydrogens is 440 g/mol. The summed E-state index contributed by atoms with van der Waals surface area (Å²) in [6, 6.07) is 2.40. The average Bonchev–Trinajstić information content (AvgIpc) is 3.22. The van der Waals surface area contributed by atoms with E-state index < -0.39 is 30.1 Å². The van der Waals surface area contributed by atoms with Gasteiger partial charge in [-0.2, -0.15) is 0 Å². The lowest BCUT2D eigenvalue weighted by Gasteiger charge is -2.41. The molecule has 0 saturated heterocycles. The van der Waals surface area contributed by atoms with Gasteiger partial charge in [-0.1, -0.05) is 20.8 Å². The fraction of sp³-hybridized carbons (Fsp3) is 0.560. The number of benzene rings is 1. The summed E-state index contributed by atoms with van der Waals surface area (Å²) in [5.74, 6) is -0.202. The zero-order chi connectivity index (χ0) is 25.0. The SMILES string of the molecule is CCC(=O)N(CCC(C)C)[C@@H]1C=C(C(=O)NCCO)[C@@H]2c3cc(C=O)cc(OC)c3O[C@@H]2[C@H]1O. The maximum absolute atomic E-state index is 13.2. The molecule has 1 aliphatic heterocycles. The molecule has 3 N–H and O–H groups in total. The number of hydrogen-bond acceptors (Lipinski definition) is 7. The fourth-order valence-electron chi connectivity index (χ4n) is 4.60. The van der Waals surface area contributed by atoms with Crippen molar-refractivity contribution in [2.45, 2.75) is 57.8 Å². The van der Waals surface area contributed by atoms with E-state index in [0.717, 1.165) is 6.42 Å². The van der Waals surface area contributed by atoms with E-state index in [1.54, 1.807) is 24.0 Å². The van der Waals surface area contributed by atoms with Gasteiger partial charge in [0.2, 0.25) is 11.8 Å². The van der Waals surface area contributed by atoms with Crippen molar-refractivity contribution in [3.8, 4) is 11.5 Å². The lowest BCUT2D eigenvalue weighted by atomic mass is 9.77. The van der Waals surface area contributed by atoms with E-state index in [2.05, 4.69) is 19.2 Å². The van der Waals surface area contributed by atoms with Crippen LogP contribution in [0.3, 0.4) is 0 Å². The molecular formula is C25H34N2O7. The van der Waals surface area contributed by atoms with E-state index in [1.807, 2.05) is 0 Å². The molecule has 1 aliphatic carbocycles. The number of fused-ring (bicyclic) bond motifs is 3. The third-order valence-electron chi connectivity index (χ3n) is 6.34. The number of amides is 2. The smallest absolute Gasteiger partial charge is 0.247 e. The van der Waals surface area contributed by atoms with Gasteiger partial charge in [-0.3, -0.25) is 14.4 Å². The molecule has 3 rings (SSSR count). The van der Waals surface area contributed by atoms with E-state index in [-0.39, 0.29) is 25.5 Å². The number of carbonyl (C=O) groups excluding carboxylic acids is 3. The van der Waals surface area contributed by atoms with Crippen LogP contribution in [0.15, 0.2) is 23.8 Å². The molecule has 0 bridgehead atoms. The van der Waals surface area contributed by atoms with Gasteiger partial charge in [-0.05, 0) is 30.5 Å². The van der Waals surface area contributed by atoms with Crippen LogP contribution in [0.1, 0.15) is 55.5 Å². The predicted molar refractivity (Wildman–Crippen MR) is 125 cm³/mol. The molecule has 9 heteroatoms. The molecule has 34 heavy (non-hydrogen) atoms. The van der Waals surface area contributed by atoms with Crippen molar-refractivity contribution in [3.05, 3.63) is 34.9 Å². The van der Waals surface area contributed by atoms with Crippen LogP contribution in [0.5, 0.6) is 11.5 Å². The molecule has 4 atom stereocenters. The van der Waals surface area contributed by atoms with Crippen molar-refractivity contribution in [1.29, 1.82) is 0 Å². The zero-order valence-corrected chi connectivity index (χ0v) is 20.1. The van der Waals surface area contributed by atoms with Gasteiger partial charge in [-0.15, -0.1) is 0 Å². The minimum absolute atomic E-state index is 0.0527. The zero-order valence-electron chi connectivity index (χ0n) is 20.1. The Morgan fingerprint density at radius 1 is 1.32 bits per heavy atom. The van der Waals surface area contributed by atoms with Gasteiger partial charge in [0, 0.05) is 36.2 Å². The third-order valence-corrected chi connectivity index (χ3v) is 6.34. The lowest BCUT2D eigenvalue weighted by Crippen LogP contribution is -2.56. The Morgan fingerprint density at radius 2 is 2.06 bits per heavy atom. The number of nitrogens with one attached hydrogen (secondary N) is 1. The van der Waals surface area contributed by atoms with E-state index in [9.17, 15) is 24.6 Å². The molecule has 0 unspecified atom stereocenters. The number of ether oxygens (including phenoxy) is 2.